The Balaban J connectivity index is 0.00000161. The molecular formula is C16H22Cl2N2O. The minimum absolute atomic E-state index is 0. The van der Waals surface area contributed by atoms with E-state index < -0.39 is 0 Å². The Morgan fingerprint density at radius 3 is 2.43 bits per heavy atom. The smallest absolute Gasteiger partial charge is 0.227 e. The molecule has 3 rings (SSSR count). The number of hydrogen-bond donors (Lipinski definition) is 1. The number of carbonyl (C=O) groups is 1. The van der Waals surface area contributed by atoms with E-state index in [1.807, 2.05) is 29.2 Å². The average Bonchev–Trinajstić information content (AvgIpc) is 2.80. The highest BCUT2D eigenvalue weighted by atomic mass is 35.5. The van der Waals surface area contributed by atoms with Gasteiger partial charge < -0.3 is 10.2 Å². The molecular weight excluding hydrogens is 307 g/mol. The predicted octanol–water partition coefficient (Wildman–Crippen LogP) is 2.76. The van der Waals surface area contributed by atoms with E-state index in [4.69, 9.17) is 11.6 Å². The van der Waals surface area contributed by atoms with Crippen LogP contribution >= 0.6 is 24.0 Å². The van der Waals surface area contributed by atoms with Gasteiger partial charge in [0.05, 0.1) is 6.42 Å². The number of fused-ring (bicyclic) bond motifs is 1. The summed E-state index contributed by atoms with van der Waals surface area (Å²) < 4.78 is 0. The van der Waals surface area contributed by atoms with Gasteiger partial charge in [-0.2, -0.15) is 0 Å². The van der Waals surface area contributed by atoms with Gasteiger partial charge in [-0.3, -0.25) is 4.79 Å². The Kier molecular flexibility index (Phi) is 5.91. The molecule has 2 aliphatic rings. The molecule has 0 aromatic heterocycles. The molecule has 2 saturated heterocycles. The Morgan fingerprint density at radius 1 is 1.19 bits per heavy atom. The minimum atomic E-state index is 0. The Labute approximate surface area is 137 Å². The SMILES string of the molecule is Cl.O=C(Cc1ccccc1Cl)N1CC[C@@H]2CNC[C@@H]2CC1. The lowest BCUT2D eigenvalue weighted by Gasteiger charge is -2.21. The van der Waals surface area contributed by atoms with Crippen LogP contribution in [0.25, 0.3) is 0 Å². The van der Waals surface area contributed by atoms with Crippen molar-refractivity contribution < 1.29 is 4.79 Å². The molecule has 116 valence electrons. The van der Waals surface area contributed by atoms with Crippen LogP contribution in [0.2, 0.25) is 5.02 Å². The first kappa shape index (κ1) is 16.6. The fraction of sp³-hybridized carbons (Fsp3) is 0.562. The van der Waals surface area contributed by atoms with Gasteiger partial charge in [0.25, 0.3) is 0 Å². The van der Waals surface area contributed by atoms with Gasteiger partial charge in [0.15, 0.2) is 0 Å². The first-order valence-corrected chi connectivity index (χ1v) is 7.84. The number of nitrogens with one attached hydrogen (secondary N) is 1. The van der Waals surface area contributed by atoms with Crippen LogP contribution < -0.4 is 5.32 Å². The van der Waals surface area contributed by atoms with Gasteiger partial charge in [0.1, 0.15) is 0 Å². The van der Waals surface area contributed by atoms with Gasteiger partial charge in [-0.25, -0.2) is 0 Å². The number of likely N-dealkylation sites (tertiary alicyclic amines) is 1. The second-order valence-electron chi connectivity index (χ2n) is 5.90. The molecule has 21 heavy (non-hydrogen) atoms. The minimum Gasteiger partial charge on any atom is -0.342 e. The van der Waals surface area contributed by atoms with E-state index in [-0.39, 0.29) is 18.3 Å². The molecule has 5 heteroatoms. The number of halogens is 2. The van der Waals surface area contributed by atoms with Gasteiger partial charge in [-0.05, 0) is 49.4 Å². The van der Waals surface area contributed by atoms with Crippen molar-refractivity contribution in [2.24, 2.45) is 11.8 Å². The zero-order valence-corrected chi connectivity index (χ0v) is 13.6. The highest BCUT2D eigenvalue weighted by Gasteiger charge is 2.31. The molecule has 3 nitrogen and oxygen atoms in total. The highest BCUT2D eigenvalue weighted by molar-refractivity contribution is 6.31. The van der Waals surface area contributed by atoms with E-state index in [1.54, 1.807) is 0 Å². The second kappa shape index (κ2) is 7.48. The van der Waals surface area contributed by atoms with E-state index in [0.717, 1.165) is 56.4 Å². The maximum atomic E-state index is 12.4. The average molecular weight is 329 g/mol. The predicted molar refractivity (Wildman–Crippen MR) is 88.1 cm³/mol. The van der Waals surface area contributed by atoms with Crippen molar-refractivity contribution in [1.82, 2.24) is 10.2 Å². The number of benzene rings is 1. The lowest BCUT2D eigenvalue weighted by atomic mass is 9.92. The van der Waals surface area contributed by atoms with E-state index in [2.05, 4.69) is 5.32 Å². The second-order valence-corrected chi connectivity index (χ2v) is 6.31. The Hall–Kier alpha value is -0.770. The lowest BCUT2D eigenvalue weighted by molar-refractivity contribution is -0.130. The fourth-order valence-corrected chi connectivity index (χ4v) is 3.59. The zero-order chi connectivity index (χ0) is 13.9. The first-order valence-electron chi connectivity index (χ1n) is 7.46. The molecule has 0 radical (unpaired) electrons. The topological polar surface area (TPSA) is 32.3 Å². The van der Waals surface area contributed by atoms with Crippen molar-refractivity contribution in [2.45, 2.75) is 19.3 Å². The van der Waals surface area contributed by atoms with Crippen molar-refractivity contribution in [3.63, 3.8) is 0 Å². The van der Waals surface area contributed by atoms with E-state index in [0.29, 0.717) is 11.4 Å². The molecule has 0 bridgehead atoms. The maximum absolute atomic E-state index is 12.4. The van der Waals surface area contributed by atoms with Crippen LogP contribution in [-0.4, -0.2) is 37.0 Å². The van der Waals surface area contributed by atoms with Crippen LogP contribution in [0.1, 0.15) is 18.4 Å². The number of hydrogen-bond acceptors (Lipinski definition) is 2. The van der Waals surface area contributed by atoms with Crippen molar-refractivity contribution in [3.05, 3.63) is 34.9 Å². The largest absolute Gasteiger partial charge is 0.342 e. The summed E-state index contributed by atoms with van der Waals surface area (Å²) in [5, 5.41) is 4.15. The monoisotopic (exact) mass is 328 g/mol. The van der Waals surface area contributed by atoms with Crippen molar-refractivity contribution >= 4 is 29.9 Å². The molecule has 0 aliphatic carbocycles. The van der Waals surface area contributed by atoms with Gasteiger partial charge in [0, 0.05) is 18.1 Å². The lowest BCUT2D eigenvalue weighted by Crippen LogP contribution is -2.34. The highest BCUT2D eigenvalue weighted by Crippen LogP contribution is 2.27. The van der Waals surface area contributed by atoms with Crippen LogP contribution in [0.15, 0.2) is 24.3 Å². The van der Waals surface area contributed by atoms with Crippen molar-refractivity contribution in [2.75, 3.05) is 26.2 Å². The fourth-order valence-electron chi connectivity index (χ4n) is 3.38. The van der Waals surface area contributed by atoms with Crippen molar-refractivity contribution in [3.8, 4) is 0 Å². The summed E-state index contributed by atoms with van der Waals surface area (Å²) in [5.41, 5.74) is 0.935. The molecule has 2 atom stereocenters. The Bertz CT molecular complexity index is 481. The van der Waals surface area contributed by atoms with Crippen LogP contribution in [0.4, 0.5) is 0 Å². The molecule has 1 aromatic carbocycles. The quantitative estimate of drug-likeness (QED) is 0.905. The molecule has 2 fully saturated rings. The first-order chi connectivity index (χ1) is 9.74. The molecule has 0 saturated carbocycles. The summed E-state index contributed by atoms with van der Waals surface area (Å²) in [6.07, 6.45) is 2.69. The molecule has 2 heterocycles. The summed E-state index contributed by atoms with van der Waals surface area (Å²) in [6, 6.07) is 7.63. The van der Waals surface area contributed by atoms with Crippen molar-refractivity contribution in [1.29, 1.82) is 0 Å². The molecule has 2 aliphatic heterocycles. The van der Waals surface area contributed by atoms with E-state index in [9.17, 15) is 4.79 Å². The van der Waals surface area contributed by atoms with Crippen LogP contribution in [-0.2, 0) is 11.2 Å². The number of nitrogens with zero attached hydrogens (tertiary/aromatic N) is 1. The maximum Gasteiger partial charge on any atom is 0.227 e. The zero-order valence-electron chi connectivity index (χ0n) is 12.1. The number of rotatable bonds is 2. The van der Waals surface area contributed by atoms with E-state index >= 15 is 0 Å². The third-order valence-electron chi connectivity index (χ3n) is 4.67. The number of carbonyl (C=O) groups excluding carboxylic acids is 1. The number of amides is 1. The third kappa shape index (κ3) is 3.91. The Morgan fingerprint density at radius 2 is 1.81 bits per heavy atom. The van der Waals surface area contributed by atoms with Gasteiger partial charge in [0.2, 0.25) is 5.91 Å². The normalized spacial score (nSPS) is 24.9. The molecule has 0 spiro atoms. The van der Waals surface area contributed by atoms with Gasteiger partial charge in [-0.15, -0.1) is 12.4 Å². The summed E-state index contributed by atoms with van der Waals surface area (Å²) >= 11 is 6.14. The van der Waals surface area contributed by atoms with E-state index in [1.165, 1.54) is 0 Å². The summed E-state index contributed by atoms with van der Waals surface area (Å²) in [4.78, 5) is 14.5. The third-order valence-corrected chi connectivity index (χ3v) is 5.04. The van der Waals surface area contributed by atoms with Gasteiger partial charge in [-0.1, -0.05) is 29.8 Å². The molecule has 1 aromatic rings. The van der Waals surface area contributed by atoms with Gasteiger partial charge >= 0.3 is 0 Å². The van der Waals surface area contributed by atoms with Crippen LogP contribution in [0.3, 0.4) is 0 Å². The molecule has 0 unspecified atom stereocenters. The standard InChI is InChI=1S/C16H21ClN2O.ClH/c17-15-4-2-1-3-12(15)9-16(20)19-7-5-13-10-18-11-14(13)6-8-19;/h1-4,13-14,18H,5-11H2;1H/t13-,14+;. The van der Waals surface area contributed by atoms with Crippen LogP contribution in [0, 0.1) is 11.8 Å². The summed E-state index contributed by atoms with van der Waals surface area (Å²) in [6.45, 7) is 4.03. The molecule has 1 N–H and O–H groups in total. The summed E-state index contributed by atoms with van der Waals surface area (Å²) in [5.74, 6) is 1.73. The van der Waals surface area contributed by atoms with Crippen LogP contribution in [0.5, 0.6) is 0 Å². The molecule has 1 amide bonds. The summed E-state index contributed by atoms with van der Waals surface area (Å²) in [7, 11) is 0.